The molecule has 0 radical (unpaired) electrons. The number of anilines is 1. The predicted molar refractivity (Wildman–Crippen MR) is 115 cm³/mol. The summed E-state index contributed by atoms with van der Waals surface area (Å²) < 4.78 is 38.9. The van der Waals surface area contributed by atoms with E-state index in [1.54, 1.807) is 11.4 Å². The molecule has 31 heavy (non-hydrogen) atoms. The maximum atomic E-state index is 12.9. The van der Waals surface area contributed by atoms with Crippen molar-refractivity contribution in [2.75, 3.05) is 38.7 Å². The van der Waals surface area contributed by atoms with E-state index in [0.717, 1.165) is 0 Å². The Kier molecular flexibility index (Phi) is 6.05. The van der Waals surface area contributed by atoms with Crippen LogP contribution in [0.2, 0.25) is 0 Å². The molecular formula is C19H20N4O6S2. The van der Waals surface area contributed by atoms with Gasteiger partial charge >= 0.3 is 0 Å². The highest BCUT2D eigenvalue weighted by atomic mass is 32.2. The van der Waals surface area contributed by atoms with Crippen molar-refractivity contribution < 1.29 is 22.7 Å². The Balaban J connectivity index is 1.58. The van der Waals surface area contributed by atoms with Crippen LogP contribution in [-0.2, 0) is 26.1 Å². The lowest BCUT2D eigenvalue weighted by molar-refractivity contribution is -0.116. The number of fused-ring (bicyclic) bond motifs is 1. The normalized spacial score (nSPS) is 15.1. The van der Waals surface area contributed by atoms with E-state index in [0.29, 0.717) is 29.2 Å². The van der Waals surface area contributed by atoms with Gasteiger partial charge in [0.05, 0.1) is 42.6 Å². The van der Waals surface area contributed by atoms with Crippen molar-refractivity contribution in [3.63, 3.8) is 0 Å². The molecule has 4 rings (SSSR count). The van der Waals surface area contributed by atoms with Gasteiger partial charge in [-0.05, 0) is 29.6 Å². The highest BCUT2D eigenvalue weighted by molar-refractivity contribution is 7.89. The minimum atomic E-state index is -3.75. The second-order valence-electron chi connectivity index (χ2n) is 6.74. The number of benzene rings is 1. The summed E-state index contributed by atoms with van der Waals surface area (Å²) in [5.41, 5.74) is -0.128. The lowest BCUT2D eigenvalue weighted by Crippen LogP contribution is -2.40. The first-order valence-corrected chi connectivity index (χ1v) is 11.7. The quantitative estimate of drug-likeness (QED) is 0.581. The molecule has 0 saturated carbocycles. The Hall–Kier alpha value is -2.80. The number of ether oxygens (including phenoxy) is 2. The number of rotatable bonds is 6. The van der Waals surface area contributed by atoms with Gasteiger partial charge in [0.2, 0.25) is 15.9 Å². The standard InChI is InChI=1S/C19H20N4O6S2/c1-28-16-3-2-13(31(26,27)23-5-7-29-8-6-23)10-15(16)21-17(24)11-22-12-20-18-14(19(22)25)4-9-30-18/h2-4,9-10,12H,5-8,11H2,1H3,(H,21,24). The van der Waals surface area contributed by atoms with E-state index in [9.17, 15) is 18.0 Å². The van der Waals surface area contributed by atoms with Gasteiger partial charge in [0, 0.05) is 13.1 Å². The second-order valence-corrected chi connectivity index (χ2v) is 9.58. The molecule has 1 N–H and O–H groups in total. The lowest BCUT2D eigenvalue weighted by Gasteiger charge is -2.26. The first-order chi connectivity index (χ1) is 14.9. The molecule has 0 spiro atoms. The van der Waals surface area contributed by atoms with Gasteiger partial charge in [-0.1, -0.05) is 0 Å². The summed E-state index contributed by atoms with van der Waals surface area (Å²) in [5.74, 6) is -0.217. The third-order valence-corrected chi connectivity index (χ3v) is 7.53. The number of sulfonamides is 1. The number of nitrogens with one attached hydrogen (secondary N) is 1. The molecule has 1 aliphatic rings. The van der Waals surface area contributed by atoms with Crippen LogP contribution < -0.4 is 15.6 Å². The number of thiophene rings is 1. The van der Waals surface area contributed by atoms with E-state index in [4.69, 9.17) is 9.47 Å². The van der Waals surface area contributed by atoms with Crippen molar-refractivity contribution >= 4 is 43.2 Å². The Morgan fingerprint density at radius 1 is 1.29 bits per heavy atom. The number of methoxy groups -OCH3 is 1. The molecule has 1 fully saturated rings. The number of amides is 1. The fourth-order valence-electron chi connectivity index (χ4n) is 3.23. The molecule has 3 heterocycles. The summed E-state index contributed by atoms with van der Waals surface area (Å²) in [6.07, 6.45) is 1.32. The van der Waals surface area contributed by atoms with Crippen molar-refractivity contribution in [3.05, 3.63) is 46.3 Å². The second kappa shape index (κ2) is 8.75. The van der Waals surface area contributed by atoms with Crippen LogP contribution in [0.4, 0.5) is 5.69 Å². The molecule has 1 aromatic carbocycles. The smallest absolute Gasteiger partial charge is 0.262 e. The van der Waals surface area contributed by atoms with E-state index in [2.05, 4.69) is 10.3 Å². The van der Waals surface area contributed by atoms with Crippen LogP contribution in [-0.4, -0.2) is 61.6 Å². The number of aromatic nitrogens is 2. The molecule has 0 aliphatic carbocycles. The van der Waals surface area contributed by atoms with Crippen LogP contribution in [0.1, 0.15) is 0 Å². The number of carbonyl (C=O) groups excluding carboxylic acids is 1. The molecule has 12 heteroatoms. The van der Waals surface area contributed by atoms with Crippen molar-refractivity contribution in [2.45, 2.75) is 11.4 Å². The topological polar surface area (TPSA) is 120 Å². The number of hydrogen-bond donors (Lipinski definition) is 1. The van der Waals surface area contributed by atoms with E-state index in [-0.39, 0.29) is 35.8 Å². The third kappa shape index (κ3) is 4.32. The summed E-state index contributed by atoms with van der Waals surface area (Å²) in [6, 6.07) is 5.92. The van der Waals surface area contributed by atoms with Crippen LogP contribution >= 0.6 is 11.3 Å². The van der Waals surface area contributed by atoms with Gasteiger partial charge in [-0.25, -0.2) is 13.4 Å². The van der Waals surface area contributed by atoms with Crippen LogP contribution in [0.5, 0.6) is 5.75 Å². The first-order valence-electron chi connectivity index (χ1n) is 9.38. The van der Waals surface area contributed by atoms with Crippen molar-refractivity contribution in [2.24, 2.45) is 0 Å². The number of hydrogen-bond acceptors (Lipinski definition) is 8. The molecule has 1 saturated heterocycles. The van der Waals surface area contributed by atoms with E-state index >= 15 is 0 Å². The largest absolute Gasteiger partial charge is 0.495 e. The van der Waals surface area contributed by atoms with Gasteiger partial charge in [-0.2, -0.15) is 4.31 Å². The number of nitrogens with zero attached hydrogens (tertiary/aromatic N) is 3. The molecular weight excluding hydrogens is 444 g/mol. The van der Waals surface area contributed by atoms with Crippen molar-refractivity contribution in [1.82, 2.24) is 13.9 Å². The van der Waals surface area contributed by atoms with Crippen LogP contribution in [0.15, 0.2) is 45.7 Å². The molecule has 1 aliphatic heterocycles. The minimum absolute atomic E-state index is 0.0315. The van der Waals surface area contributed by atoms with Gasteiger partial charge in [0.1, 0.15) is 17.1 Å². The van der Waals surface area contributed by atoms with Crippen LogP contribution in [0, 0.1) is 0 Å². The predicted octanol–water partition coefficient (Wildman–Crippen LogP) is 1.13. The van der Waals surface area contributed by atoms with Crippen LogP contribution in [0.25, 0.3) is 10.2 Å². The number of morpholine rings is 1. The van der Waals surface area contributed by atoms with Crippen molar-refractivity contribution in [1.29, 1.82) is 0 Å². The maximum Gasteiger partial charge on any atom is 0.262 e. The highest BCUT2D eigenvalue weighted by Gasteiger charge is 2.27. The summed E-state index contributed by atoms with van der Waals surface area (Å²) in [5, 5.41) is 4.84. The molecule has 164 valence electrons. The Morgan fingerprint density at radius 2 is 2.06 bits per heavy atom. The molecule has 0 atom stereocenters. The summed E-state index contributed by atoms with van der Waals surface area (Å²) in [4.78, 5) is 29.9. The van der Waals surface area contributed by atoms with Gasteiger partial charge in [-0.3, -0.25) is 14.2 Å². The Labute approximate surface area is 182 Å². The summed E-state index contributed by atoms with van der Waals surface area (Å²) in [7, 11) is -2.33. The van der Waals surface area contributed by atoms with Gasteiger partial charge in [0.15, 0.2) is 0 Å². The zero-order valence-corrected chi connectivity index (χ0v) is 18.2. The Morgan fingerprint density at radius 3 is 2.81 bits per heavy atom. The molecule has 10 nitrogen and oxygen atoms in total. The molecule has 0 bridgehead atoms. The molecule has 0 unspecified atom stereocenters. The summed E-state index contributed by atoms with van der Waals surface area (Å²) >= 11 is 1.34. The van der Waals surface area contributed by atoms with E-state index in [1.807, 2.05) is 0 Å². The monoisotopic (exact) mass is 464 g/mol. The van der Waals surface area contributed by atoms with Gasteiger partial charge in [0.25, 0.3) is 5.56 Å². The average Bonchev–Trinajstić information content (AvgIpc) is 3.26. The lowest BCUT2D eigenvalue weighted by atomic mass is 10.3. The van der Waals surface area contributed by atoms with Gasteiger partial charge < -0.3 is 14.8 Å². The fraction of sp³-hybridized carbons (Fsp3) is 0.316. The zero-order chi connectivity index (χ0) is 22.0. The van der Waals surface area contributed by atoms with Crippen LogP contribution in [0.3, 0.4) is 0 Å². The Bertz CT molecular complexity index is 1280. The highest BCUT2D eigenvalue weighted by Crippen LogP contribution is 2.29. The van der Waals surface area contributed by atoms with E-state index < -0.39 is 15.9 Å². The molecule has 1 amide bonds. The van der Waals surface area contributed by atoms with Crippen molar-refractivity contribution in [3.8, 4) is 5.75 Å². The first kappa shape index (κ1) is 21.4. The molecule has 3 aromatic rings. The fourth-order valence-corrected chi connectivity index (χ4v) is 5.39. The average molecular weight is 465 g/mol. The van der Waals surface area contributed by atoms with Gasteiger partial charge in [-0.15, -0.1) is 11.3 Å². The number of carbonyl (C=O) groups is 1. The molecule has 2 aromatic heterocycles. The SMILES string of the molecule is COc1ccc(S(=O)(=O)N2CCOCC2)cc1NC(=O)Cn1cnc2sccc2c1=O. The maximum absolute atomic E-state index is 12.9. The zero-order valence-electron chi connectivity index (χ0n) is 16.6. The minimum Gasteiger partial charge on any atom is -0.495 e. The third-order valence-electron chi connectivity index (χ3n) is 4.82. The van der Waals surface area contributed by atoms with E-state index in [1.165, 1.54) is 51.8 Å². The summed E-state index contributed by atoms with van der Waals surface area (Å²) in [6.45, 7) is 0.905.